The number of nitrogens with zero attached hydrogens (tertiary/aromatic N) is 3. The zero-order valence-electron chi connectivity index (χ0n) is 14.4. The van der Waals surface area contributed by atoms with Crippen LogP contribution in [0.25, 0.3) is 0 Å². The first-order valence-corrected chi connectivity index (χ1v) is 8.39. The lowest BCUT2D eigenvalue weighted by atomic mass is 9.88. The fourth-order valence-electron chi connectivity index (χ4n) is 3.49. The van der Waals surface area contributed by atoms with E-state index in [4.69, 9.17) is 0 Å². The Morgan fingerprint density at radius 2 is 1.77 bits per heavy atom. The van der Waals surface area contributed by atoms with Crippen molar-refractivity contribution in [3.63, 3.8) is 0 Å². The summed E-state index contributed by atoms with van der Waals surface area (Å²) in [6, 6.07) is 7.52. The number of piperidine rings is 1. The molecule has 2 aliphatic rings. The molecule has 2 N–H and O–H groups in total. The number of ketones is 1. The summed E-state index contributed by atoms with van der Waals surface area (Å²) in [6.45, 7) is 3.64. The second-order valence-corrected chi connectivity index (χ2v) is 6.65. The van der Waals surface area contributed by atoms with Crippen molar-refractivity contribution in [3.05, 3.63) is 53.1 Å². The highest BCUT2D eigenvalue weighted by molar-refractivity contribution is 6.10. The number of amides is 1. The molecule has 2 aromatic rings. The number of aromatic nitrogens is 2. The van der Waals surface area contributed by atoms with Gasteiger partial charge in [-0.1, -0.05) is 12.1 Å². The number of rotatable bonds is 2. The van der Waals surface area contributed by atoms with Crippen molar-refractivity contribution >= 4 is 17.6 Å². The minimum Gasteiger partial charge on any atom is -0.299 e. The zero-order chi connectivity index (χ0) is 18.4. The second-order valence-electron chi connectivity index (χ2n) is 6.65. The Morgan fingerprint density at radius 3 is 2.42 bits per heavy atom. The summed E-state index contributed by atoms with van der Waals surface area (Å²) in [5, 5.41) is 4.51. The molecule has 1 amide bonds. The minimum atomic E-state index is -0.823. The van der Waals surface area contributed by atoms with Gasteiger partial charge in [-0.05, 0) is 37.6 Å². The molecule has 8 heteroatoms. The van der Waals surface area contributed by atoms with Crippen molar-refractivity contribution in [3.8, 4) is 0 Å². The van der Waals surface area contributed by atoms with Crippen LogP contribution in [-0.4, -0.2) is 27.8 Å². The molecular weight excluding hydrogens is 337 g/mol. The van der Waals surface area contributed by atoms with Crippen LogP contribution < -0.4 is 15.8 Å². The number of hydrazine groups is 1. The standard InChI is InChI=1S/C18H18FN5O2/c1-9-7-10(2)21-18(20-9)24-17(26)15-14(25)8-13(22-16(15)23-24)11-3-5-12(19)6-4-11/h3-7,13,15-16,22-23H,8H2,1-2H3. The van der Waals surface area contributed by atoms with Crippen LogP contribution in [0.1, 0.15) is 29.4 Å². The van der Waals surface area contributed by atoms with Gasteiger partial charge in [0.2, 0.25) is 5.95 Å². The third kappa shape index (κ3) is 2.87. The Labute approximate surface area is 149 Å². The molecule has 0 aliphatic carbocycles. The Morgan fingerprint density at radius 1 is 1.12 bits per heavy atom. The number of aryl methyl sites for hydroxylation is 2. The summed E-state index contributed by atoms with van der Waals surface area (Å²) in [4.78, 5) is 33.9. The van der Waals surface area contributed by atoms with E-state index in [1.807, 2.05) is 19.9 Å². The van der Waals surface area contributed by atoms with Gasteiger partial charge in [-0.25, -0.2) is 24.8 Å². The number of carbonyl (C=O) groups excluding carboxylic acids is 2. The average molecular weight is 355 g/mol. The van der Waals surface area contributed by atoms with Crippen LogP contribution in [0.2, 0.25) is 0 Å². The number of halogens is 1. The van der Waals surface area contributed by atoms with Gasteiger partial charge in [0.1, 0.15) is 17.5 Å². The molecule has 0 radical (unpaired) electrons. The van der Waals surface area contributed by atoms with E-state index in [0.29, 0.717) is 0 Å². The van der Waals surface area contributed by atoms with Crippen molar-refractivity contribution in [2.75, 3.05) is 5.01 Å². The van der Waals surface area contributed by atoms with Gasteiger partial charge in [0.05, 0.1) is 6.17 Å². The maximum atomic E-state index is 13.1. The molecular formula is C18H18FN5O2. The molecule has 0 saturated carbocycles. The van der Waals surface area contributed by atoms with Crippen LogP contribution in [0.4, 0.5) is 10.3 Å². The van der Waals surface area contributed by atoms with Crippen molar-refractivity contribution in [1.82, 2.24) is 20.7 Å². The van der Waals surface area contributed by atoms with Crippen LogP contribution in [0.5, 0.6) is 0 Å². The molecule has 2 saturated heterocycles. The summed E-state index contributed by atoms with van der Waals surface area (Å²) >= 11 is 0. The first kappa shape index (κ1) is 16.7. The second kappa shape index (κ2) is 6.22. The fraction of sp³-hybridized carbons (Fsp3) is 0.333. The summed E-state index contributed by atoms with van der Waals surface area (Å²) in [5.74, 6) is -1.45. The lowest BCUT2D eigenvalue weighted by Crippen LogP contribution is -2.52. The summed E-state index contributed by atoms with van der Waals surface area (Å²) in [7, 11) is 0. The summed E-state index contributed by atoms with van der Waals surface area (Å²) < 4.78 is 13.1. The fourth-order valence-corrected chi connectivity index (χ4v) is 3.49. The van der Waals surface area contributed by atoms with E-state index in [9.17, 15) is 14.0 Å². The van der Waals surface area contributed by atoms with E-state index in [-0.39, 0.29) is 35.9 Å². The van der Waals surface area contributed by atoms with E-state index in [2.05, 4.69) is 20.7 Å². The van der Waals surface area contributed by atoms with Gasteiger partial charge < -0.3 is 0 Å². The van der Waals surface area contributed by atoms with E-state index < -0.39 is 12.1 Å². The Kier molecular flexibility index (Phi) is 4.01. The van der Waals surface area contributed by atoms with Gasteiger partial charge in [-0.3, -0.25) is 14.9 Å². The topological polar surface area (TPSA) is 87.2 Å². The normalized spacial score (nSPS) is 25.5. The van der Waals surface area contributed by atoms with Gasteiger partial charge in [-0.15, -0.1) is 0 Å². The smallest absolute Gasteiger partial charge is 0.257 e. The molecule has 4 rings (SSSR count). The monoisotopic (exact) mass is 355 g/mol. The molecule has 2 aliphatic heterocycles. The molecule has 1 aromatic carbocycles. The van der Waals surface area contributed by atoms with Crippen molar-refractivity contribution < 1.29 is 14.0 Å². The third-order valence-corrected chi connectivity index (χ3v) is 4.66. The van der Waals surface area contributed by atoms with Gasteiger partial charge >= 0.3 is 0 Å². The molecule has 0 spiro atoms. The number of nitrogens with one attached hydrogen (secondary N) is 2. The lowest BCUT2D eigenvalue weighted by molar-refractivity contribution is -0.133. The number of fused-ring (bicyclic) bond motifs is 1. The molecule has 2 fully saturated rings. The molecule has 7 nitrogen and oxygen atoms in total. The van der Waals surface area contributed by atoms with E-state index >= 15 is 0 Å². The summed E-state index contributed by atoms with van der Waals surface area (Å²) in [6.07, 6.45) is -0.384. The number of anilines is 1. The molecule has 134 valence electrons. The molecule has 3 heterocycles. The maximum absolute atomic E-state index is 13.1. The number of hydrogen-bond acceptors (Lipinski definition) is 6. The third-order valence-electron chi connectivity index (χ3n) is 4.66. The largest absolute Gasteiger partial charge is 0.299 e. The van der Waals surface area contributed by atoms with Crippen LogP contribution >= 0.6 is 0 Å². The number of benzene rings is 1. The zero-order valence-corrected chi connectivity index (χ0v) is 14.4. The molecule has 3 unspecified atom stereocenters. The highest BCUT2D eigenvalue weighted by Crippen LogP contribution is 2.31. The first-order valence-electron chi connectivity index (χ1n) is 8.39. The molecule has 1 aromatic heterocycles. The molecule has 3 atom stereocenters. The Hall–Kier alpha value is -2.71. The quantitative estimate of drug-likeness (QED) is 0.791. The maximum Gasteiger partial charge on any atom is 0.257 e. The highest BCUT2D eigenvalue weighted by atomic mass is 19.1. The van der Waals surface area contributed by atoms with E-state index in [0.717, 1.165) is 17.0 Å². The van der Waals surface area contributed by atoms with Crippen molar-refractivity contribution in [2.45, 2.75) is 32.5 Å². The number of Topliss-reactive ketones (excluding diaryl/α,β-unsaturated/α-hetero) is 1. The predicted molar refractivity (Wildman–Crippen MR) is 91.3 cm³/mol. The number of hydrogen-bond donors (Lipinski definition) is 2. The van der Waals surface area contributed by atoms with Crippen LogP contribution in [-0.2, 0) is 9.59 Å². The molecule has 0 bridgehead atoms. The number of carbonyl (C=O) groups is 2. The highest BCUT2D eigenvalue weighted by Gasteiger charge is 2.50. The van der Waals surface area contributed by atoms with Crippen molar-refractivity contribution in [1.29, 1.82) is 0 Å². The van der Waals surface area contributed by atoms with Gasteiger partial charge in [0, 0.05) is 23.9 Å². The predicted octanol–water partition coefficient (Wildman–Crippen LogP) is 1.33. The van der Waals surface area contributed by atoms with Crippen LogP contribution in [0.3, 0.4) is 0 Å². The van der Waals surface area contributed by atoms with Gasteiger partial charge in [0.25, 0.3) is 5.91 Å². The van der Waals surface area contributed by atoms with Gasteiger partial charge in [-0.2, -0.15) is 0 Å². The Bertz CT molecular complexity index is 865. The first-order chi connectivity index (χ1) is 12.4. The van der Waals surface area contributed by atoms with Crippen molar-refractivity contribution in [2.24, 2.45) is 5.92 Å². The minimum absolute atomic E-state index is 0.160. The lowest BCUT2D eigenvalue weighted by Gasteiger charge is -2.30. The van der Waals surface area contributed by atoms with Gasteiger partial charge in [0.15, 0.2) is 0 Å². The Balaban J connectivity index is 1.60. The van der Waals surface area contributed by atoms with Crippen LogP contribution in [0.15, 0.2) is 30.3 Å². The SMILES string of the molecule is Cc1cc(C)nc(N2NC3NC(c4ccc(F)cc4)CC(=O)C3C2=O)n1. The summed E-state index contributed by atoms with van der Waals surface area (Å²) in [5.41, 5.74) is 5.28. The molecule has 26 heavy (non-hydrogen) atoms. The van der Waals surface area contributed by atoms with E-state index in [1.165, 1.54) is 17.1 Å². The van der Waals surface area contributed by atoms with Crippen LogP contribution in [0, 0.1) is 25.6 Å². The average Bonchev–Trinajstić information content (AvgIpc) is 2.92. The van der Waals surface area contributed by atoms with E-state index in [1.54, 1.807) is 12.1 Å².